The van der Waals surface area contributed by atoms with E-state index in [1.807, 2.05) is 0 Å². The van der Waals surface area contributed by atoms with Gasteiger partial charge in [0.1, 0.15) is 6.10 Å². The molecule has 0 amide bonds. The lowest BCUT2D eigenvalue weighted by Gasteiger charge is -2.08. The molecule has 0 radical (unpaired) electrons. The molecule has 0 saturated carbocycles. The first-order valence-electron chi connectivity index (χ1n) is 4.48. The summed E-state index contributed by atoms with van der Waals surface area (Å²) in [4.78, 5) is 15.0. The first-order chi connectivity index (χ1) is 6.74. The molecule has 1 aromatic rings. The Bertz CT molecular complexity index is 287. The molecule has 1 rings (SSSR count). The van der Waals surface area contributed by atoms with E-state index in [2.05, 4.69) is 4.98 Å². The zero-order valence-electron chi connectivity index (χ0n) is 8.01. The number of rotatable bonds is 4. The molecular formula is C10H13NO3. The van der Waals surface area contributed by atoms with Crippen molar-refractivity contribution in [3.8, 4) is 0 Å². The smallest absolute Gasteiger partial charge is 0.308 e. The molecule has 1 atom stereocenters. The summed E-state index contributed by atoms with van der Waals surface area (Å²) in [5.41, 5.74) is 0.487. The van der Waals surface area contributed by atoms with Gasteiger partial charge in [0.25, 0.3) is 0 Å². The van der Waals surface area contributed by atoms with Crippen LogP contribution in [-0.2, 0) is 9.53 Å². The van der Waals surface area contributed by atoms with Crippen molar-refractivity contribution in [3.05, 3.63) is 30.1 Å². The minimum atomic E-state index is -0.879. The van der Waals surface area contributed by atoms with Crippen LogP contribution in [0.3, 0.4) is 0 Å². The summed E-state index contributed by atoms with van der Waals surface area (Å²) in [6, 6.07) is 5.18. The quantitative estimate of drug-likeness (QED) is 0.730. The molecule has 0 aliphatic heterocycles. The van der Waals surface area contributed by atoms with Crippen molar-refractivity contribution in [3.63, 3.8) is 0 Å². The second kappa shape index (κ2) is 5.34. The monoisotopic (exact) mass is 195 g/mol. The SMILES string of the molecule is CCOC(=O)CC(O)c1ccccn1. The molecular weight excluding hydrogens is 182 g/mol. The Morgan fingerprint density at radius 1 is 1.64 bits per heavy atom. The standard InChI is InChI=1S/C10H13NO3/c1-2-14-10(13)7-9(12)8-5-3-4-6-11-8/h3-6,9,12H,2,7H2,1H3. The van der Waals surface area contributed by atoms with Gasteiger partial charge in [0.15, 0.2) is 0 Å². The minimum Gasteiger partial charge on any atom is -0.466 e. The molecule has 1 heterocycles. The van der Waals surface area contributed by atoms with Gasteiger partial charge in [-0.2, -0.15) is 0 Å². The molecule has 0 fully saturated rings. The molecule has 4 nitrogen and oxygen atoms in total. The van der Waals surface area contributed by atoms with Crippen LogP contribution in [0.15, 0.2) is 24.4 Å². The Balaban J connectivity index is 2.50. The predicted octanol–water partition coefficient (Wildman–Crippen LogP) is 1.07. The fourth-order valence-corrected chi connectivity index (χ4v) is 1.06. The number of nitrogens with zero attached hydrogens (tertiary/aromatic N) is 1. The van der Waals surface area contributed by atoms with Crippen LogP contribution >= 0.6 is 0 Å². The van der Waals surface area contributed by atoms with E-state index in [0.717, 1.165) is 0 Å². The van der Waals surface area contributed by atoms with Crippen molar-refractivity contribution in [2.24, 2.45) is 0 Å². The van der Waals surface area contributed by atoms with Gasteiger partial charge in [-0.25, -0.2) is 0 Å². The molecule has 4 heteroatoms. The Hall–Kier alpha value is -1.42. The van der Waals surface area contributed by atoms with E-state index in [1.54, 1.807) is 31.3 Å². The Kier molecular flexibility index (Phi) is 4.07. The summed E-state index contributed by atoms with van der Waals surface area (Å²) >= 11 is 0. The van der Waals surface area contributed by atoms with Gasteiger partial charge >= 0.3 is 5.97 Å². The number of aliphatic hydroxyl groups is 1. The summed E-state index contributed by atoms with van der Waals surface area (Å²) in [5.74, 6) is -0.411. The number of pyridine rings is 1. The van der Waals surface area contributed by atoms with Gasteiger partial charge in [-0.15, -0.1) is 0 Å². The predicted molar refractivity (Wildman–Crippen MR) is 50.4 cm³/mol. The molecule has 14 heavy (non-hydrogen) atoms. The van der Waals surface area contributed by atoms with E-state index in [1.165, 1.54) is 0 Å². The molecule has 0 bridgehead atoms. The van der Waals surface area contributed by atoms with Crippen LogP contribution in [0.1, 0.15) is 25.1 Å². The number of hydrogen-bond acceptors (Lipinski definition) is 4. The van der Waals surface area contributed by atoms with Gasteiger partial charge in [-0.1, -0.05) is 6.07 Å². The molecule has 0 aliphatic rings. The van der Waals surface area contributed by atoms with Crippen LogP contribution in [0.5, 0.6) is 0 Å². The highest BCUT2D eigenvalue weighted by Crippen LogP contribution is 2.13. The zero-order valence-corrected chi connectivity index (χ0v) is 8.01. The summed E-state index contributed by atoms with van der Waals surface area (Å²) in [7, 11) is 0. The second-order valence-corrected chi connectivity index (χ2v) is 2.78. The Labute approximate surface area is 82.5 Å². The van der Waals surface area contributed by atoms with E-state index in [-0.39, 0.29) is 6.42 Å². The van der Waals surface area contributed by atoms with Crippen LogP contribution in [0, 0.1) is 0 Å². The maximum absolute atomic E-state index is 11.0. The summed E-state index contributed by atoms with van der Waals surface area (Å²) in [6.45, 7) is 2.05. The van der Waals surface area contributed by atoms with Crippen molar-refractivity contribution in [1.82, 2.24) is 4.98 Å². The lowest BCUT2D eigenvalue weighted by Crippen LogP contribution is -2.10. The topological polar surface area (TPSA) is 59.4 Å². The average Bonchev–Trinajstić information content (AvgIpc) is 2.19. The van der Waals surface area contributed by atoms with Crippen LogP contribution in [0.4, 0.5) is 0 Å². The first-order valence-corrected chi connectivity index (χ1v) is 4.48. The van der Waals surface area contributed by atoms with E-state index in [9.17, 15) is 9.90 Å². The van der Waals surface area contributed by atoms with E-state index in [0.29, 0.717) is 12.3 Å². The Morgan fingerprint density at radius 2 is 2.43 bits per heavy atom. The minimum absolute atomic E-state index is 0.0507. The van der Waals surface area contributed by atoms with Crippen molar-refractivity contribution in [2.75, 3.05) is 6.61 Å². The third-order valence-electron chi connectivity index (χ3n) is 1.69. The van der Waals surface area contributed by atoms with E-state index < -0.39 is 12.1 Å². The summed E-state index contributed by atoms with van der Waals surface area (Å²) < 4.78 is 4.71. The molecule has 1 aromatic heterocycles. The normalized spacial score (nSPS) is 12.1. The first kappa shape index (κ1) is 10.7. The van der Waals surface area contributed by atoms with Gasteiger partial charge < -0.3 is 9.84 Å². The third-order valence-corrected chi connectivity index (χ3v) is 1.69. The molecule has 0 spiro atoms. The van der Waals surface area contributed by atoms with Gasteiger partial charge in [0, 0.05) is 6.20 Å². The van der Waals surface area contributed by atoms with Gasteiger partial charge in [-0.05, 0) is 19.1 Å². The van der Waals surface area contributed by atoms with Crippen LogP contribution in [0.2, 0.25) is 0 Å². The molecule has 0 aliphatic carbocycles. The second-order valence-electron chi connectivity index (χ2n) is 2.78. The average molecular weight is 195 g/mol. The van der Waals surface area contributed by atoms with Gasteiger partial charge in [0.2, 0.25) is 0 Å². The maximum atomic E-state index is 11.0. The molecule has 76 valence electrons. The van der Waals surface area contributed by atoms with Crippen LogP contribution in [-0.4, -0.2) is 22.7 Å². The summed E-state index contributed by atoms with van der Waals surface area (Å²) in [6.07, 6.45) is 0.643. The number of aliphatic hydroxyl groups excluding tert-OH is 1. The van der Waals surface area contributed by atoms with Gasteiger partial charge in [-0.3, -0.25) is 9.78 Å². The highest BCUT2D eigenvalue weighted by Gasteiger charge is 2.14. The fraction of sp³-hybridized carbons (Fsp3) is 0.400. The Morgan fingerprint density at radius 3 is 3.00 bits per heavy atom. The summed E-state index contributed by atoms with van der Waals surface area (Å²) in [5, 5.41) is 9.55. The fourth-order valence-electron chi connectivity index (χ4n) is 1.06. The number of hydrogen-bond donors (Lipinski definition) is 1. The molecule has 0 aromatic carbocycles. The maximum Gasteiger partial charge on any atom is 0.308 e. The van der Waals surface area contributed by atoms with Crippen LogP contribution in [0.25, 0.3) is 0 Å². The number of aromatic nitrogens is 1. The lowest BCUT2D eigenvalue weighted by molar-refractivity contribution is -0.145. The largest absolute Gasteiger partial charge is 0.466 e. The van der Waals surface area contributed by atoms with Crippen molar-refractivity contribution in [2.45, 2.75) is 19.4 Å². The third kappa shape index (κ3) is 3.14. The van der Waals surface area contributed by atoms with E-state index in [4.69, 9.17) is 4.74 Å². The lowest BCUT2D eigenvalue weighted by atomic mass is 10.2. The van der Waals surface area contributed by atoms with Crippen molar-refractivity contribution >= 4 is 5.97 Å². The van der Waals surface area contributed by atoms with E-state index >= 15 is 0 Å². The zero-order chi connectivity index (χ0) is 10.4. The number of carbonyl (C=O) groups is 1. The number of esters is 1. The van der Waals surface area contributed by atoms with Gasteiger partial charge in [0.05, 0.1) is 18.7 Å². The van der Waals surface area contributed by atoms with Crippen molar-refractivity contribution < 1.29 is 14.6 Å². The molecule has 1 unspecified atom stereocenters. The highest BCUT2D eigenvalue weighted by atomic mass is 16.5. The molecule has 1 N–H and O–H groups in total. The van der Waals surface area contributed by atoms with Crippen molar-refractivity contribution in [1.29, 1.82) is 0 Å². The van der Waals surface area contributed by atoms with Crippen LogP contribution < -0.4 is 0 Å². The highest BCUT2D eigenvalue weighted by molar-refractivity contribution is 5.70. The number of carbonyl (C=O) groups excluding carboxylic acids is 1. The molecule has 0 saturated heterocycles. The number of ether oxygens (including phenoxy) is 1.